The Morgan fingerprint density at radius 1 is 0.935 bits per heavy atom. The molecule has 1 fully saturated rings. The van der Waals surface area contributed by atoms with E-state index in [1.165, 1.54) is 48.7 Å². The fraction of sp³-hybridized carbons (Fsp3) is 0.381. The van der Waals surface area contributed by atoms with Gasteiger partial charge in [0.05, 0.1) is 45.0 Å². The van der Waals surface area contributed by atoms with Gasteiger partial charge in [-0.3, -0.25) is 4.79 Å². The normalized spacial score (nSPS) is 14.7. The first kappa shape index (κ1) is 22.9. The lowest BCUT2D eigenvalue weighted by molar-refractivity contribution is 0.0730. The fourth-order valence-corrected chi connectivity index (χ4v) is 4.72. The Labute approximate surface area is 182 Å². The van der Waals surface area contributed by atoms with Crippen LogP contribution in [-0.2, 0) is 14.8 Å². The third kappa shape index (κ3) is 4.60. The van der Waals surface area contributed by atoms with Crippen LogP contribution in [0, 0.1) is 0 Å². The molecule has 9 nitrogen and oxygen atoms in total. The topological polar surface area (TPSA) is 94.6 Å². The highest BCUT2D eigenvalue weighted by atomic mass is 32.2. The zero-order valence-corrected chi connectivity index (χ0v) is 18.8. The molecular formula is C21H26N2O7S. The van der Waals surface area contributed by atoms with Crippen LogP contribution in [-0.4, -0.2) is 73.3 Å². The smallest absolute Gasteiger partial charge is 0.261 e. The van der Waals surface area contributed by atoms with E-state index in [1.807, 2.05) is 0 Å². The predicted octanol–water partition coefficient (Wildman–Crippen LogP) is 2.01. The number of rotatable bonds is 7. The minimum Gasteiger partial charge on any atom is -0.496 e. The van der Waals surface area contributed by atoms with E-state index < -0.39 is 15.9 Å². The van der Waals surface area contributed by atoms with Gasteiger partial charge in [-0.15, -0.1) is 0 Å². The number of hydrogen-bond acceptors (Lipinski definition) is 7. The number of ether oxygens (including phenoxy) is 4. The molecule has 1 aliphatic heterocycles. The van der Waals surface area contributed by atoms with E-state index in [0.29, 0.717) is 30.4 Å². The second-order valence-corrected chi connectivity index (χ2v) is 8.72. The van der Waals surface area contributed by atoms with Crippen molar-refractivity contribution >= 4 is 21.6 Å². The Balaban J connectivity index is 1.97. The highest BCUT2D eigenvalue weighted by Gasteiger charge is 2.29. The molecule has 0 N–H and O–H groups in total. The van der Waals surface area contributed by atoms with Gasteiger partial charge < -0.3 is 23.8 Å². The van der Waals surface area contributed by atoms with E-state index in [0.717, 1.165) is 0 Å². The summed E-state index contributed by atoms with van der Waals surface area (Å²) in [5.41, 5.74) is 0.681. The molecule has 0 saturated carbocycles. The maximum atomic E-state index is 13.3. The number of nitrogens with zero attached hydrogens (tertiary/aromatic N) is 2. The highest BCUT2D eigenvalue weighted by molar-refractivity contribution is 7.89. The van der Waals surface area contributed by atoms with E-state index in [4.69, 9.17) is 18.9 Å². The van der Waals surface area contributed by atoms with Crippen LogP contribution in [0.15, 0.2) is 41.3 Å². The third-order valence-corrected chi connectivity index (χ3v) is 6.96. The van der Waals surface area contributed by atoms with Crippen molar-refractivity contribution in [3.05, 3.63) is 42.0 Å². The number of carbonyl (C=O) groups is 1. The lowest BCUT2D eigenvalue weighted by atomic mass is 10.1. The van der Waals surface area contributed by atoms with Gasteiger partial charge in [0.15, 0.2) is 11.5 Å². The van der Waals surface area contributed by atoms with E-state index in [2.05, 4.69) is 0 Å². The Kier molecular flexibility index (Phi) is 7.04. The van der Waals surface area contributed by atoms with E-state index in [1.54, 1.807) is 25.2 Å². The summed E-state index contributed by atoms with van der Waals surface area (Å²) in [6, 6.07) is 9.34. The van der Waals surface area contributed by atoms with E-state index >= 15 is 0 Å². The van der Waals surface area contributed by atoms with Crippen molar-refractivity contribution in [2.45, 2.75) is 4.90 Å². The summed E-state index contributed by atoms with van der Waals surface area (Å²) in [7, 11) is 2.29. The minimum absolute atomic E-state index is 0.0271. The molecule has 2 aromatic carbocycles. The Bertz CT molecular complexity index is 1050. The van der Waals surface area contributed by atoms with Gasteiger partial charge in [0, 0.05) is 31.9 Å². The molecule has 0 spiro atoms. The Morgan fingerprint density at radius 2 is 1.55 bits per heavy atom. The lowest BCUT2D eigenvalue weighted by Crippen LogP contribution is -2.40. The number of amides is 1. The molecule has 0 aromatic heterocycles. The molecule has 3 rings (SSSR count). The molecule has 1 amide bonds. The minimum atomic E-state index is -3.76. The van der Waals surface area contributed by atoms with Crippen molar-refractivity contribution in [3.63, 3.8) is 0 Å². The molecule has 0 radical (unpaired) electrons. The zero-order chi connectivity index (χ0) is 22.6. The van der Waals surface area contributed by atoms with Gasteiger partial charge in [0.1, 0.15) is 5.75 Å². The van der Waals surface area contributed by atoms with Crippen LogP contribution in [0.25, 0.3) is 0 Å². The molecule has 1 heterocycles. The first-order valence-corrected chi connectivity index (χ1v) is 11.0. The zero-order valence-electron chi connectivity index (χ0n) is 18.0. The molecule has 0 unspecified atom stereocenters. The molecule has 168 valence electrons. The van der Waals surface area contributed by atoms with Crippen LogP contribution in [0.5, 0.6) is 17.2 Å². The Morgan fingerprint density at radius 3 is 2.16 bits per heavy atom. The lowest BCUT2D eigenvalue weighted by Gasteiger charge is -2.26. The number of methoxy groups -OCH3 is 3. The highest BCUT2D eigenvalue weighted by Crippen LogP contribution is 2.33. The molecule has 1 saturated heterocycles. The molecule has 0 bridgehead atoms. The van der Waals surface area contributed by atoms with Crippen LogP contribution < -0.4 is 19.1 Å². The van der Waals surface area contributed by atoms with Gasteiger partial charge in [0.2, 0.25) is 10.0 Å². The average molecular weight is 451 g/mol. The summed E-state index contributed by atoms with van der Waals surface area (Å²) in [5, 5.41) is 0. The number of sulfonamides is 1. The molecule has 2 aromatic rings. The Hall–Kier alpha value is -2.82. The summed E-state index contributed by atoms with van der Waals surface area (Å²) < 4.78 is 48.5. The van der Waals surface area contributed by atoms with E-state index in [9.17, 15) is 13.2 Å². The van der Waals surface area contributed by atoms with Gasteiger partial charge in [-0.05, 0) is 30.3 Å². The first-order chi connectivity index (χ1) is 14.8. The van der Waals surface area contributed by atoms with Gasteiger partial charge >= 0.3 is 0 Å². The van der Waals surface area contributed by atoms with Crippen molar-refractivity contribution in [1.82, 2.24) is 4.31 Å². The molecule has 10 heteroatoms. The van der Waals surface area contributed by atoms with Crippen LogP contribution in [0.1, 0.15) is 10.4 Å². The van der Waals surface area contributed by atoms with Crippen molar-refractivity contribution in [2.24, 2.45) is 0 Å². The summed E-state index contributed by atoms with van der Waals surface area (Å²) in [6.45, 7) is 1.21. The third-order valence-electron chi connectivity index (χ3n) is 5.07. The van der Waals surface area contributed by atoms with Crippen LogP contribution in [0.3, 0.4) is 0 Å². The maximum Gasteiger partial charge on any atom is 0.261 e. The quantitative estimate of drug-likeness (QED) is 0.637. The molecule has 0 atom stereocenters. The number of anilines is 1. The van der Waals surface area contributed by atoms with Crippen molar-refractivity contribution in [1.29, 1.82) is 0 Å². The molecule has 31 heavy (non-hydrogen) atoms. The summed E-state index contributed by atoms with van der Waals surface area (Å²) in [4.78, 5) is 14.7. The number of hydrogen-bond donors (Lipinski definition) is 0. The van der Waals surface area contributed by atoms with Gasteiger partial charge in [-0.2, -0.15) is 4.31 Å². The second kappa shape index (κ2) is 9.54. The van der Waals surface area contributed by atoms with Crippen molar-refractivity contribution in [3.8, 4) is 17.2 Å². The maximum absolute atomic E-state index is 13.3. The largest absolute Gasteiger partial charge is 0.496 e. The van der Waals surface area contributed by atoms with Crippen molar-refractivity contribution in [2.75, 3.05) is 59.6 Å². The summed E-state index contributed by atoms with van der Waals surface area (Å²) in [6.07, 6.45) is 0. The SMILES string of the molecule is COc1ccc(N(C)C(=O)c2cc(S(=O)(=O)N3CCOCC3)ccc2OC)cc1OC. The van der Waals surface area contributed by atoms with Crippen molar-refractivity contribution < 1.29 is 32.2 Å². The predicted molar refractivity (Wildman–Crippen MR) is 115 cm³/mol. The first-order valence-electron chi connectivity index (χ1n) is 9.59. The summed E-state index contributed by atoms with van der Waals surface area (Å²) >= 11 is 0. The number of benzene rings is 2. The standard InChI is InChI=1S/C21H26N2O7S/c1-22(15-5-7-19(28-3)20(13-15)29-4)21(24)17-14-16(6-8-18(17)27-2)31(25,26)23-9-11-30-12-10-23/h5-8,13-14H,9-12H2,1-4H3. The van der Waals surface area contributed by atoms with Gasteiger partial charge in [0.25, 0.3) is 5.91 Å². The van der Waals surface area contributed by atoms with Gasteiger partial charge in [-0.1, -0.05) is 0 Å². The summed E-state index contributed by atoms with van der Waals surface area (Å²) in [5.74, 6) is 0.847. The van der Waals surface area contributed by atoms with Crippen LogP contribution in [0.4, 0.5) is 5.69 Å². The second-order valence-electron chi connectivity index (χ2n) is 6.78. The average Bonchev–Trinajstić information content (AvgIpc) is 2.82. The van der Waals surface area contributed by atoms with Gasteiger partial charge in [-0.25, -0.2) is 8.42 Å². The van der Waals surface area contributed by atoms with Crippen LogP contribution >= 0.6 is 0 Å². The van der Waals surface area contributed by atoms with Crippen LogP contribution in [0.2, 0.25) is 0 Å². The number of carbonyl (C=O) groups excluding carboxylic acids is 1. The van der Waals surface area contributed by atoms with E-state index in [-0.39, 0.29) is 29.3 Å². The molecular weight excluding hydrogens is 424 g/mol. The molecule has 0 aliphatic carbocycles. The molecule has 1 aliphatic rings. The number of morpholine rings is 1. The fourth-order valence-electron chi connectivity index (χ4n) is 3.28. The monoisotopic (exact) mass is 450 g/mol.